The van der Waals surface area contributed by atoms with Crippen molar-refractivity contribution in [2.75, 3.05) is 34.5 Å². The number of aryl methyl sites for hydroxylation is 1. The summed E-state index contributed by atoms with van der Waals surface area (Å²) >= 11 is 0. The lowest BCUT2D eigenvalue weighted by Gasteiger charge is -2.42. The third kappa shape index (κ3) is 4.00. The molecule has 1 atom stereocenters. The molecule has 4 rings (SSSR count). The first-order valence-electron chi connectivity index (χ1n) is 10.4. The standard InChI is InChI=1S/C20H25F3N8O/c1-5-13-18(32)28-16-10(2)26-19(29-17(16)31(13)4)27-11-6-12(7-11)30(3)15-9-24-14(8-25-15)20(21,22)23/h8-9,11-13H,5-7H2,1-4H3,(H,28,32)(H,26,27,29)/t11-,12-,13-/m0/s1. The highest BCUT2D eigenvalue weighted by Crippen LogP contribution is 2.35. The van der Waals surface area contributed by atoms with Crippen LogP contribution in [0.25, 0.3) is 0 Å². The maximum absolute atomic E-state index is 12.7. The fourth-order valence-electron chi connectivity index (χ4n) is 4.05. The van der Waals surface area contributed by atoms with E-state index >= 15 is 0 Å². The molecule has 32 heavy (non-hydrogen) atoms. The average Bonchev–Trinajstić information content (AvgIpc) is 2.71. The van der Waals surface area contributed by atoms with E-state index < -0.39 is 11.9 Å². The quantitative estimate of drug-likeness (QED) is 0.718. The molecule has 1 saturated carbocycles. The van der Waals surface area contributed by atoms with Crippen LogP contribution in [-0.2, 0) is 11.0 Å². The Balaban J connectivity index is 1.40. The van der Waals surface area contributed by atoms with Crippen LogP contribution in [0.2, 0.25) is 0 Å². The number of amides is 1. The van der Waals surface area contributed by atoms with Crippen LogP contribution in [0.15, 0.2) is 12.4 Å². The van der Waals surface area contributed by atoms with E-state index in [1.54, 1.807) is 7.05 Å². The summed E-state index contributed by atoms with van der Waals surface area (Å²) in [6.45, 7) is 3.78. The van der Waals surface area contributed by atoms with Crippen molar-refractivity contribution in [2.24, 2.45) is 0 Å². The van der Waals surface area contributed by atoms with Crippen molar-refractivity contribution in [3.05, 3.63) is 23.8 Å². The molecule has 9 nitrogen and oxygen atoms in total. The van der Waals surface area contributed by atoms with Gasteiger partial charge in [0.25, 0.3) is 0 Å². The molecule has 0 bridgehead atoms. The lowest BCUT2D eigenvalue weighted by atomic mass is 9.86. The normalized spacial score (nSPS) is 22.7. The van der Waals surface area contributed by atoms with Gasteiger partial charge >= 0.3 is 6.18 Å². The Bertz CT molecular complexity index is 1010. The summed E-state index contributed by atoms with van der Waals surface area (Å²) in [6, 6.07) is -0.0484. The number of carbonyl (C=O) groups excluding carboxylic acids is 1. The fourth-order valence-corrected chi connectivity index (χ4v) is 4.05. The van der Waals surface area contributed by atoms with Crippen LogP contribution in [-0.4, -0.2) is 58.1 Å². The van der Waals surface area contributed by atoms with Crippen LogP contribution in [0.5, 0.6) is 0 Å². The van der Waals surface area contributed by atoms with Crippen LogP contribution < -0.4 is 20.4 Å². The molecule has 1 fully saturated rings. The van der Waals surface area contributed by atoms with Gasteiger partial charge in [-0.15, -0.1) is 0 Å². The third-order valence-corrected chi connectivity index (χ3v) is 6.09. The second kappa shape index (κ2) is 8.06. The van der Waals surface area contributed by atoms with E-state index in [1.165, 1.54) is 0 Å². The number of hydrogen-bond donors (Lipinski definition) is 2. The summed E-state index contributed by atoms with van der Waals surface area (Å²) in [5.41, 5.74) is 0.300. The van der Waals surface area contributed by atoms with E-state index in [-0.39, 0.29) is 24.0 Å². The van der Waals surface area contributed by atoms with E-state index in [9.17, 15) is 18.0 Å². The van der Waals surface area contributed by atoms with Crippen LogP contribution in [0.4, 0.5) is 36.4 Å². The predicted octanol–water partition coefficient (Wildman–Crippen LogP) is 2.84. The van der Waals surface area contributed by atoms with Gasteiger partial charge in [0.05, 0.1) is 18.1 Å². The zero-order valence-corrected chi connectivity index (χ0v) is 18.2. The van der Waals surface area contributed by atoms with Gasteiger partial charge in [-0.2, -0.15) is 18.2 Å². The van der Waals surface area contributed by atoms with E-state index in [4.69, 9.17) is 0 Å². The number of carbonyl (C=O) groups is 1. The van der Waals surface area contributed by atoms with Crippen molar-refractivity contribution in [1.29, 1.82) is 0 Å². The smallest absolute Gasteiger partial charge is 0.355 e. The van der Waals surface area contributed by atoms with Crippen molar-refractivity contribution >= 4 is 29.2 Å². The number of nitrogens with one attached hydrogen (secondary N) is 2. The minimum Gasteiger partial charge on any atom is -0.355 e. The van der Waals surface area contributed by atoms with Gasteiger partial charge in [0, 0.05) is 26.2 Å². The lowest BCUT2D eigenvalue weighted by molar-refractivity contribution is -0.141. The molecule has 1 aliphatic heterocycles. The van der Waals surface area contributed by atoms with Crippen molar-refractivity contribution < 1.29 is 18.0 Å². The molecule has 0 saturated heterocycles. The molecule has 12 heteroatoms. The van der Waals surface area contributed by atoms with Crippen LogP contribution in [0.1, 0.15) is 37.6 Å². The number of aromatic nitrogens is 4. The van der Waals surface area contributed by atoms with Gasteiger partial charge in [-0.25, -0.2) is 15.0 Å². The molecular formula is C20H25F3N8O. The van der Waals surface area contributed by atoms with Crippen LogP contribution in [0, 0.1) is 6.92 Å². The zero-order chi connectivity index (χ0) is 23.2. The monoisotopic (exact) mass is 450 g/mol. The zero-order valence-electron chi connectivity index (χ0n) is 18.2. The number of nitrogens with zero attached hydrogens (tertiary/aromatic N) is 6. The van der Waals surface area contributed by atoms with Gasteiger partial charge in [0.15, 0.2) is 11.5 Å². The number of halogens is 3. The van der Waals surface area contributed by atoms with E-state index in [0.29, 0.717) is 35.4 Å². The highest BCUT2D eigenvalue weighted by molar-refractivity contribution is 6.03. The maximum Gasteiger partial charge on any atom is 0.434 e. The van der Waals surface area contributed by atoms with Gasteiger partial charge in [-0.1, -0.05) is 6.92 Å². The van der Waals surface area contributed by atoms with Crippen molar-refractivity contribution in [2.45, 2.75) is 57.4 Å². The molecule has 0 aromatic carbocycles. The topological polar surface area (TPSA) is 99.2 Å². The molecular weight excluding hydrogens is 425 g/mol. The Labute approximate surface area is 183 Å². The highest BCUT2D eigenvalue weighted by Gasteiger charge is 2.36. The number of fused-ring (bicyclic) bond motifs is 1. The largest absolute Gasteiger partial charge is 0.434 e. The maximum atomic E-state index is 12.7. The molecule has 2 N–H and O–H groups in total. The third-order valence-electron chi connectivity index (χ3n) is 6.09. The molecule has 2 aromatic rings. The first kappa shape index (κ1) is 22.0. The number of hydrogen-bond acceptors (Lipinski definition) is 8. The molecule has 0 unspecified atom stereocenters. The fraction of sp³-hybridized carbons (Fsp3) is 0.550. The van der Waals surface area contributed by atoms with Crippen molar-refractivity contribution in [1.82, 2.24) is 19.9 Å². The SMILES string of the molecule is CC[C@H]1C(=O)Nc2c(C)nc(N[C@H]3C[C@H](N(C)c4cnc(C(F)(F)F)cn4)C3)nc2N1C. The number of likely N-dealkylation sites (N-methyl/N-ethyl adjacent to an activating group) is 1. The van der Waals surface area contributed by atoms with Crippen molar-refractivity contribution in [3.8, 4) is 0 Å². The van der Waals surface area contributed by atoms with Gasteiger partial charge in [-0.3, -0.25) is 4.79 Å². The Morgan fingerprint density at radius 2 is 1.97 bits per heavy atom. The summed E-state index contributed by atoms with van der Waals surface area (Å²) in [7, 11) is 3.64. The summed E-state index contributed by atoms with van der Waals surface area (Å²) < 4.78 is 38.0. The molecule has 0 spiro atoms. The Morgan fingerprint density at radius 3 is 2.56 bits per heavy atom. The Morgan fingerprint density at radius 1 is 1.25 bits per heavy atom. The molecule has 2 aromatic heterocycles. The second-order valence-corrected chi connectivity index (χ2v) is 8.19. The minimum atomic E-state index is -4.50. The Kier molecular flexibility index (Phi) is 5.55. The predicted molar refractivity (Wildman–Crippen MR) is 114 cm³/mol. The van der Waals surface area contributed by atoms with E-state index in [2.05, 4.69) is 30.6 Å². The molecule has 172 valence electrons. The number of anilines is 4. The molecule has 2 aliphatic rings. The lowest BCUT2D eigenvalue weighted by Crippen LogP contribution is -2.49. The average molecular weight is 450 g/mol. The van der Waals surface area contributed by atoms with Gasteiger partial charge in [0.1, 0.15) is 17.5 Å². The molecule has 1 aliphatic carbocycles. The van der Waals surface area contributed by atoms with Crippen LogP contribution >= 0.6 is 0 Å². The molecule has 3 heterocycles. The number of rotatable bonds is 5. The number of alkyl halides is 3. The first-order valence-corrected chi connectivity index (χ1v) is 10.4. The van der Waals surface area contributed by atoms with E-state index in [0.717, 1.165) is 25.2 Å². The second-order valence-electron chi connectivity index (χ2n) is 8.19. The first-order chi connectivity index (χ1) is 15.1. The summed E-state index contributed by atoms with van der Waals surface area (Å²) in [4.78, 5) is 32.4. The summed E-state index contributed by atoms with van der Waals surface area (Å²) in [5, 5.41) is 6.22. The van der Waals surface area contributed by atoms with Gasteiger partial charge < -0.3 is 20.4 Å². The summed E-state index contributed by atoms with van der Waals surface area (Å²) in [6.07, 6.45) is -0.435. The van der Waals surface area contributed by atoms with Crippen LogP contribution in [0.3, 0.4) is 0 Å². The molecule has 0 radical (unpaired) electrons. The van der Waals surface area contributed by atoms with Gasteiger partial charge in [0.2, 0.25) is 11.9 Å². The van der Waals surface area contributed by atoms with E-state index in [1.807, 2.05) is 30.7 Å². The highest BCUT2D eigenvalue weighted by atomic mass is 19.4. The molecule has 1 amide bonds. The Hall–Kier alpha value is -3.18. The summed E-state index contributed by atoms with van der Waals surface area (Å²) in [5.74, 6) is 1.50. The minimum absolute atomic E-state index is 0.0638. The van der Waals surface area contributed by atoms with Crippen molar-refractivity contribution in [3.63, 3.8) is 0 Å². The van der Waals surface area contributed by atoms with Gasteiger partial charge in [-0.05, 0) is 26.2 Å².